The van der Waals surface area contributed by atoms with Crippen LogP contribution >= 0.6 is 11.6 Å². The summed E-state index contributed by atoms with van der Waals surface area (Å²) in [6.45, 7) is 6.78. The average molecular weight is 669 g/mol. The van der Waals surface area contributed by atoms with Gasteiger partial charge in [0.15, 0.2) is 0 Å². The minimum atomic E-state index is -1.03. The number of carbonyl (C=O) groups is 6. The number of halogens is 1. The molecule has 0 radical (unpaired) electrons. The molecule has 0 aromatic heterocycles. The molecule has 2 atom stereocenters. The summed E-state index contributed by atoms with van der Waals surface area (Å²) in [5, 5.41) is 6.34. The molecule has 5 amide bonds. The highest BCUT2D eigenvalue weighted by Crippen LogP contribution is 2.27. The summed E-state index contributed by atoms with van der Waals surface area (Å²) in [5.74, 6) is -3.98. The van der Waals surface area contributed by atoms with Gasteiger partial charge in [0, 0.05) is 30.8 Å². The zero-order valence-corrected chi connectivity index (χ0v) is 27.6. The van der Waals surface area contributed by atoms with Gasteiger partial charge in [-0.2, -0.15) is 0 Å². The zero-order chi connectivity index (χ0) is 34.7. The van der Waals surface area contributed by atoms with Crippen LogP contribution < -0.4 is 21.8 Å². The maximum absolute atomic E-state index is 13.9. The number of hydrogen-bond acceptors (Lipinski definition) is 8. The Hall–Kier alpha value is -4.91. The zero-order valence-electron chi connectivity index (χ0n) is 26.9. The summed E-state index contributed by atoms with van der Waals surface area (Å²) in [7, 11) is 0. The van der Waals surface area contributed by atoms with Crippen molar-refractivity contribution in [1.29, 1.82) is 0 Å². The van der Waals surface area contributed by atoms with Crippen LogP contribution in [0.4, 0.5) is 5.69 Å². The molecule has 47 heavy (non-hydrogen) atoms. The Bertz CT molecular complexity index is 1510. The number of likely N-dealkylation sites (tertiary alicyclic amines) is 1. The van der Waals surface area contributed by atoms with Crippen molar-refractivity contribution in [3.63, 3.8) is 0 Å². The van der Waals surface area contributed by atoms with Gasteiger partial charge in [-0.05, 0) is 48.9 Å². The Kier molecular flexibility index (Phi) is 12.9. The quantitative estimate of drug-likeness (QED) is 0.122. The molecule has 2 aromatic rings. The highest BCUT2D eigenvalue weighted by molar-refractivity contribution is 6.33. The second kappa shape index (κ2) is 16.6. The first-order valence-corrected chi connectivity index (χ1v) is 15.5. The van der Waals surface area contributed by atoms with Gasteiger partial charge in [-0.25, -0.2) is 5.01 Å². The predicted octanol–water partition coefficient (Wildman–Crippen LogP) is 2.35. The first kappa shape index (κ1) is 36.6. The van der Waals surface area contributed by atoms with E-state index in [0.29, 0.717) is 12.1 Å². The molecule has 14 heteroatoms. The number of nitrogen functional groups attached to an aromatic ring is 1. The standard InChI is InChI=1S/C33H41ClN6O7/c1-5-47-28(43)20-40(27(42)16-15-26(41)36-19-21-10-7-6-8-11-21)38-31(45)25-12-9-17-39(25)32(46)29(33(2,3)4)37-30(44)22-13-14-24(35)23(34)18-22/h6-8,10-11,13-16,18,25,29H,5,9,12,17,19-20,35H2,1-4H3,(H,36,41)(H,37,44)(H,38,45)/b16-15+. The summed E-state index contributed by atoms with van der Waals surface area (Å²) in [6, 6.07) is 11.5. The minimum absolute atomic E-state index is 0.0416. The molecular weight excluding hydrogens is 628 g/mol. The fourth-order valence-electron chi connectivity index (χ4n) is 4.80. The SMILES string of the molecule is CCOC(=O)CN(NC(=O)C1CCCN1C(=O)C(NC(=O)c1ccc(N)c(Cl)c1)C(C)(C)C)C(=O)/C=C/C(=O)NCc1ccccc1. The number of benzene rings is 2. The number of esters is 1. The predicted molar refractivity (Wildman–Crippen MR) is 175 cm³/mol. The Morgan fingerprint density at radius 1 is 1.09 bits per heavy atom. The van der Waals surface area contributed by atoms with Gasteiger partial charge in [-0.15, -0.1) is 0 Å². The van der Waals surface area contributed by atoms with E-state index in [0.717, 1.165) is 22.7 Å². The fraction of sp³-hybridized carbons (Fsp3) is 0.394. The van der Waals surface area contributed by atoms with Crippen molar-refractivity contribution in [2.45, 2.75) is 59.2 Å². The van der Waals surface area contributed by atoms with Crippen LogP contribution in [-0.2, 0) is 35.3 Å². The molecule has 1 saturated heterocycles. The summed E-state index contributed by atoms with van der Waals surface area (Å²) in [5.41, 5.74) is 8.79. The lowest BCUT2D eigenvalue weighted by Gasteiger charge is -2.35. The first-order valence-electron chi connectivity index (χ1n) is 15.1. The molecule has 252 valence electrons. The van der Waals surface area contributed by atoms with E-state index in [9.17, 15) is 28.8 Å². The van der Waals surface area contributed by atoms with E-state index in [4.69, 9.17) is 22.1 Å². The second-order valence-electron chi connectivity index (χ2n) is 11.9. The van der Waals surface area contributed by atoms with Crippen molar-refractivity contribution in [2.75, 3.05) is 25.4 Å². The van der Waals surface area contributed by atoms with E-state index in [1.807, 2.05) is 30.3 Å². The van der Waals surface area contributed by atoms with Crippen molar-refractivity contribution in [2.24, 2.45) is 5.41 Å². The van der Waals surface area contributed by atoms with Crippen LogP contribution in [0, 0.1) is 5.41 Å². The second-order valence-corrected chi connectivity index (χ2v) is 12.3. The number of nitrogens with two attached hydrogens (primary N) is 1. The van der Waals surface area contributed by atoms with Gasteiger partial charge >= 0.3 is 5.97 Å². The van der Waals surface area contributed by atoms with Crippen LogP contribution in [0.3, 0.4) is 0 Å². The monoisotopic (exact) mass is 668 g/mol. The lowest BCUT2D eigenvalue weighted by Crippen LogP contribution is -2.59. The number of amides is 5. The van der Waals surface area contributed by atoms with Gasteiger partial charge in [0.2, 0.25) is 11.8 Å². The Morgan fingerprint density at radius 3 is 2.43 bits per heavy atom. The molecule has 1 fully saturated rings. The maximum Gasteiger partial charge on any atom is 0.327 e. The third-order valence-electron chi connectivity index (χ3n) is 7.28. The van der Waals surface area contributed by atoms with Crippen LogP contribution in [-0.4, -0.2) is 77.2 Å². The van der Waals surface area contributed by atoms with Crippen molar-refractivity contribution < 1.29 is 33.5 Å². The molecule has 0 spiro atoms. The molecule has 1 heterocycles. The van der Waals surface area contributed by atoms with Crippen molar-refractivity contribution in [3.8, 4) is 0 Å². The molecule has 0 saturated carbocycles. The Balaban J connectivity index is 1.73. The van der Waals surface area contributed by atoms with E-state index in [1.165, 1.54) is 23.1 Å². The topological polar surface area (TPSA) is 180 Å². The van der Waals surface area contributed by atoms with Crippen LogP contribution in [0.15, 0.2) is 60.7 Å². The van der Waals surface area contributed by atoms with Crippen LogP contribution in [0.2, 0.25) is 5.02 Å². The number of hydrazine groups is 1. The normalized spacial score (nSPS) is 15.1. The molecule has 13 nitrogen and oxygen atoms in total. The molecular formula is C33H41ClN6O7. The summed E-state index contributed by atoms with van der Waals surface area (Å²) in [4.78, 5) is 79.6. The number of carbonyl (C=O) groups excluding carboxylic acids is 6. The van der Waals surface area contributed by atoms with E-state index in [2.05, 4.69) is 16.1 Å². The van der Waals surface area contributed by atoms with Crippen molar-refractivity contribution >= 4 is 52.8 Å². The van der Waals surface area contributed by atoms with Crippen molar-refractivity contribution in [3.05, 3.63) is 76.8 Å². The molecule has 3 rings (SSSR count). The number of nitrogens with one attached hydrogen (secondary N) is 3. The molecule has 0 aliphatic carbocycles. The number of anilines is 1. The van der Waals surface area contributed by atoms with Gasteiger partial charge in [-0.1, -0.05) is 62.7 Å². The molecule has 2 aromatic carbocycles. The average Bonchev–Trinajstić information content (AvgIpc) is 3.52. The van der Waals surface area contributed by atoms with Crippen LogP contribution in [0.5, 0.6) is 0 Å². The molecule has 1 aliphatic rings. The largest absolute Gasteiger partial charge is 0.465 e. The Labute approximate surface area is 278 Å². The number of nitrogens with zero attached hydrogens (tertiary/aromatic N) is 2. The first-order chi connectivity index (χ1) is 22.2. The highest BCUT2D eigenvalue weighted by atomic mass is 35.5. The molecule has 0 bridgehead atoms. The molecule has 5 N–H and O–H groups in total. The third kappa shape index (κ3) is 10.6. The van der Waals surface area contributed by atoms with E-state index < -0.39 is 59.5 Å². The summed E-state index contributed by atoms with van der Waals surface area (Å²) in [6.07, 6.45) is 2.67. The number of rotatable bonds is 11. The van der Waals surface area contributed by atoms with Gasteiger partial charge < -0.3 is 26.0 Å². The molecule has 2 unspecified atom stereocenters. The van der Waals surface area contributed by atoms with E-state index in [-0.39, 0.29) is 36.7 Å². The smallest absolute Gasteiger partial charge is 0.327 e. The Morgan fingerprint density at radius 2 is 1.79 bits per heavy atom. The summed E-state index contributed by atoms with van der Waals surface area (Å²) >= 11 is 6.08. The van der Waals surface area contributed by atoms with Gasteiger partial charge in [0.1, 0.15) is 18.6 Å². The summed E-state index contributed by atoms with van der Waals surface area (Å²) < 4.78 is 4.95. The molecule has 1 aliphatic heterocycles. The minimum Gasteiger partial charge on any atom is -0.465 e. The third-order valence-corrected chi connectivity index (χ3v) is 7.61. The van der Waals surface area contributed by atoms with E-state index >= 15 is 0 Å². The number of ether oxygens (including phenoxy) is 1. The van der Waals surface area contributed by atoms with Gasteiger partial charge in [0.25, 0.3) is 17.7 Å². The lowest BCUT2D eigenvalue weighted by molar-refractivity contribution is -0.153. The maximum atomic E-state index is 13.9. The van der Waals surface area contributed by atoms with Gasteiger partial charge in [-0.3, -0.25) is 34.2 Å². The van der Waals surface area contributed by atoms with Crippen LogP contribution in [0.1, 0.15) is 56.5 Å². The highest BCUT2D eigenvalue weighted by Gasteiger charge is 2.42. The van der Waals surface area contributed by atoms with E-state index in [1.54, 1.807) is 27.7 Å². The lowest BCUT2D eigenvalue weighted by atomic mass is 9.85. The number of hydrogen-bond donors (Lipinski definition) is 4. The fourth-order valence-corrected chi connectivity index (χ4v) is 4.98. The van der Waals surface area contributed by atoms with Gasteiger partial charge in [0.05, 0.1) is 17.3 Å². The van der Waals surface area contributed by atoms with Crippen molar-refractivity contribution in [1.82, 2.24) is 26.0 Å². The van der Waals surface area contributed by atoms with Crippen LogP contribution in [0.25, 0.3) is 0 Å².